The highest BCUT2D eigenvalue weighted by Gasteiger charge is 2.71. The summed E-state index contributed by atoms with van der Waals surface area (Å²) in [6, 6.07) is 5.59. The van der Waals surface area contributed by atoms with Gasteiger partial charge in [0, 0.05) is 15.5 Å². The molecule has 2 aromatic rings. The van der Waals surface area contributed by atoms with Crippen LogP contribution in [0.5, 0.6) is 0 Å². The molecule has 3 heterocycles. The fourth-order valence-electron chi connectivity index (χ4n) is 6.74. The number of carbonyl (C=O) groups is 2. The van der Waals surface area contributed by atoms with Crippen LogP contribution in [0.15, 0.2) is 34.1 Å². The molecule has 2 amide bonds. The summed E-state index contributed by atoms with van der Waals surface area (Å²) >= 11 is 3.00. The Bertz CT molecular complexity index is 1140. The lowest BCUT2D eigenvalue weighted by atomic mass is 9.62. The van der Waals surface area contributed by atoms with Gasteiger partial charge in [-0.05, 0) is 54.9 Å². The van der Waals surface area contributed by atoms with E-state index < -0.39 is 0 Å². The topological polar surface area (TPSA) is 70.2 Å². The highest BCUT2D eigenvalue weighted by atomic mass is 32.2. The fourth-order valence-corrected chi connectivity index (χ4v) is 9.93. The standard InChI is InChI=1S/C22H21FN2O3S2/c1-3-22(2)15-11-8-12(16(15)29-18-17(22)30-21(28)24-18)14-13(11)19(26)25(20(14)27)10-6-4-9(23)5-7-10/h4-7,11-16H,3,8H2,1-2H3,(H,24,28)/t11?,12?,13?,14?,15-,16-,22+/m1/s1. The Morgan fingerprint density at radius 2 is 1.80 bits per heavy atom. The number of thiazole rings is 1. The number of nitrogens with zero attached hydrogens (tertiary/aromatic N) is 1. The van der Waals surface area contributed by atoms with E-state index in [1.165, 1.54) is 40.5 Å². The van der Waals surface area contributed by atoms with Crippen LogP contribution in [0, 0.1) is 35.4 Å². The smallest absolute Gasteiger partial charge is 0.305 e. The third-order valence-electron chi connectivity index (χ3n) is 8.05. The average Bonchev–Trinajstić information content (AvgIpc) is 3.44. The van der Waals surface area contributed by atoms with E-state index in [0.29, 0.717) is 5.69 Å². The highest BCUT2D eigenvalue weighted by molar-refractivity contribution is 8.00. The number of anilines is 1. The normalized spacial score (nSPS) is 38.7. The first-order valence-electron chi connectivity index (χ1n) is 10.4. The number of rotatable bonds is 2. The van der Waals surface area contributed by atoms with Gasteiger partial charge in [-0.3, -0.25) is 19.3 Å². The molecule has 0 radical (unpaired) electrons. The van der Waals surface area contributed by atoms with Gasteiger partial charge in [-0.1, -0.05) is 25.2 Å². The minimum absolute atomic E-state index is 0.0330. The summed E-state index contributed by atoms with van der Waals surface area (Å²) in [5.41, 5.74) is 0.282. The summed E-state index contributed by atoms with van der Waals surface area (Å²) in [7, 11) is 0. The minimum atomic E-state index is -0.389. The van der Waals surface area contributed by atoms with Crippen molar-refractivity contribution in [2.75, 3.05) is 4.90 Å². The van der Waals surface area contributed by atoms with E-state index in [0.717, 1.165) is 22.7 Å². The molecule has 5 nitrogen and oxygen atoms in total. The van der Waals surface area contributed by atoms with Crippen molar-refractivity contribution in [3.63, 3.8) is 0 Å². The largest absolute Gasteiger partial charge is 0.307 e. The third-order valence-corrected chi connectivity index (χ3v) is 10.8. The maximum Gasteiger partial charge on any atom is 0.305 e. The second kappa shape index (κ2) is 6.07. The van der Waals surface area contributed by atoms with Gasteiger partial charge in [0.05, 0.1) is 22.5 Å². The number of aromatic nitrogens is 1. The van der Waals surface area contributed by atoms with Crippen molar-refractivity contribution < 1.29 is 14.0 Å². The predicted molar refractivity (Wildman–Crippen MR) is 113 cm³/mol. The van der Waals surface area contributed by atoms with Gasteiger partial charge in [-0.15, -0.1) is 11.8 Å². The zero-order valence-corrected chi connectivity index (χ0v) is 18.2. The van der Waals surface area contributed by atoms with Crippen molar-refractivity contribution >= 4 is 40.6 Å². The number of H-pyrrole nitrogens is 1. The molecule has 7 atom stereocenters. The molecule has 1 N–H and O–H groups in total. The summed E-state index contributed by atoms with van der Waals surface area (Å²) in [5.74, 6) is -0.770. The first kappa shape index (κ1) is 18.8. The van der Waals surface area contributed by atoms with E-state index >= 15 is 0 Å². The number of halogens is 1. The van der Waals surface area contributed by atoms with Crippen molar-refractivity contribution in [1.29, 1.82) is 0 Å². The number of hydrogen-bond acceptors (Lipinski definition) is 5. The Balaban J connectivity index is 1.43. The number of hydrogen-bond donors (Lipinski definition) is 1. The number of imide groups is 1. The first-order valence-corrected chi connectivity index (χ1v) is 12.1. The van der Waals surface area contributed by atoms with E-state index in [-0.39, 0.29) is 62.8 Å². The Kier molecular flexibility index (Phi) is 3.80. The molecule has 4 aliphatic rings. The lowest BCUT2D eigenvalue weighted by Gasteiger charge is -2.48. The molecule has 1 aromatic heterocycles. The molecule has 2 aliphatic carbocycles. The molecule has 2 bridgehead atoms. The van der Waals surface area contributed by atoms with Gasteiger partial charge in [0.1, 0.15) is 5.82 Å². The van der Waals surface area contributed by atoms with Gasteiger partial charge in [0.2, 0.25) is 11.8 Å². The molecule has 3 fully saturated rings. The molecule has 6 rings (SSSR count). The molecular weight excluding hydrogens is 423 g/mol. The van der Waals surface area contributed by atoms with Crippen molar-refractivity contribution in [2.24, 2.45) is 29.6 Å². The van der Waals surface area contributed by atoms with Crippen LogP contribution >= 0.6 is 23.1 Å². The molecule has 2 aliphatic heterocycles. The Morgan fingerprint density at radius 1 is 1.13 bits per heavy atom. The Morgan fingerprint density at radius 3 is 2.47 bits per heavy atom. The van der Waals surface area contributed by atoms with Crippen molar-refractivity contribution in [2.45, 2.75) is 42.4 Å². The van der Waals surface area contributed by atoms with Crippen LogP contribution in [-0.4, -0.2) is 22.0 Å². The zero-order valence-electron chi connectivity index (χ0n) is 16.6. The third kappa shape index (κ3) is 2.16. The highest BCUT2D eigenvalue weighted by Crippen LogP contribution is 2.69. The number of aromatic amines is 1. The number of carbonyl (C=O) groups excluding carboxylic acids is 2. The van der Waals surface area contributed by atoms with E-state index in [1.54, 1.807) is 11.8 Å². The van der Waals surface area contributed by atoms with Crippen molar-refractivity contribution in [3.8, 4) is 0 Å². The number of amides is 2. The monoisotopic (exact) mass is 444 g/mol. The number of thioether (sulfide) groups is 1. The average molecular weight is 445 g/mol. The van der Waals surface area contributed by atoms with Crippen molar-refractivity contribution in [3.05, 3.63) is 44.6 Å². The van der Waals surface area contributed by atoms with Gasteiger partial charge in [-0.25, -0.2) is 4.39 Å². The minimum Gasteiger partial charge on any atom is -0.307 e. The molecule has 2 saturated carbocycles. The summed E-state index contributed by atoms with van der Waals surface area (Å²) in [6.07, 6.45) is 1.78. The van der Waals surface area contributed by atoms with Crippen LogP contribution in [-0.2, 0) is 15.0 Å². The van der Waals surface area contributed by atoms with Gasteiger partial charge in [0.15, 0.2) is 0 Å². The molecule has 8 heteroatoms. The van der Waals surface area contributed by atoms with Gasteiger partial charge in [0.25, 0.3) is 0 Å². The summed E-state index contributed by atoms with van der Waals surface area (Å²) in [4.78, 5) is 44.3. The zero-order chi connectivity index (χ0) is 20.9. The molecular formula is C22H21FN2O3S2. The van der Waals surface area contributed by atoms with Gasteiger partial charge < -0.3 is 4.98 Å². The molecule has 156 valence electrons. The molecule has 0 spiro atoms. The van der Waals surface area contributed by atoms with E-state index in [2.05, 4.69) is 18.8 Å². The second-order valence-corrected chi connectivity index (χ2v) is 11.3. The van der Waals surface area contributed by atoms with Gasteiger partial charge in [-0.2, -0.15) is 0 Å². The lowest BCUT2D eigenvalue weighted by Crippen LogP contribution is -2.49. The number of fused-ring (bicyclic) bond motifs is 9. The molecule has 30 heavy (non-hydrogen) atoms. The first-order chi connectivity index (χ1) is 14.3. The van der Waals surface area contributed by atoms with Gasteiger partial charge >= 0.3 is 4.87 Å². The maximum absolute atomic E-state index is 13.4. The van der Waals surface area contributed by atoms with Crippen LogP contribution in [0.1, 0.15) is 31.6 Å². The van der Waals surface area contributed by atoms with Crippen LogP contribution in [0.3, 0.4) is 0 Å². The van der Waals surface area contributed by atoms with Crippen LogP contribution in [0.2, 0.25) is 0 Å². The van der Waals surface area contributed by atoms with Crippen molar-refractivity contribution in [1.82, 2.24) is 4.98 Å². The Hall–Kier alpha value is -1.93. The molecule has 1 saturated heterocycles. The van der Waals surface area contributed by atoms with E-state index in [4.69, 9.17) is 0 Å². The molecule has 4 unspecified atom stereocenters. The van der Waals surface area contributed by atoms with Crippen LogP contribution < -0.4 is 9.77 Å². The SMILES string of the molecule is CC[C@]1(C)c2sc(=O)[nH]c2S[C@@H]2C3CC(C4C(=O)N(c5ccc(F)cc5)C(=O)C43)[C@H]21. The van der Waals surface area contributed by atoms with Crippen LogP contribution in [0.4, 0.5) is 10.1 Å². The maximum atomic E-state index is 13.4. The quantitative estimate of drug-likeness (QED) is 0.716. The van der Waals surface area contributed by atoms with E-state index in [9.17, 15) is 18.8 Å². The summed E-state index contributed by atoms with van der Waals surface area (Å²) in [5, 5.41) is 1.18. The fraction of sp³-hybridized carbons (Fsp3) is 0.500. The summed E-state index contributed by atoms with van der Waals surface area (Å²) in [6.45, 7) is 4.37. The van der Waals surface area contributed by atoms with E-state index in [1.807, 2.05) is 0 Å². The number of nitrogens with one attached hydrogen (secondary N) is 1. The molecule has 1 aromatic carbocycles. The Labute approximate surface area is 181 Å². The van der Waals surface area contributed by atoms with Crippen LogP contribution in [0.25, 0.3) is 0 Å². The number of benzene rings is 1. The lowest BCUT2D eigenvalue weighted by molar-refractivity contribution is -0.123. The predicted octanol–water partition coefficient (Wildman–Crippen LogP) is 3.79. The second-order valence-electron chi connectivity index (χ2n) is 9.16. The summed E-state index contributed by atoms with van der Waals surface area (Å²) < 4.78 is 13.4.